The Morgan fingerprint density at radius 2 is 1.62 bits per heavy atom. The summed E-state index contributed by atoms with van der Waals surface area (Å²) in [4.78, 5) is 23.6. The van der Waals surface area contributed by atoms with Crippen molar-refractivity contribution in [3.05, 3.63) is 12.2 Å². The first-order chi connectivity index (χ1) is 9.68. The molecule has 0 aromatic rings. The second-order valence-electron chi connectivity index (χ2n) is 5.33. The number of hydrogen-bond acceptors (Lipinski definition) is 3. The largest absolute Gasteiger partial charge is 0.350 e. The summed E-state index contributed by atoms with van der Waals surface area (Å²) in [6.07, 6.45) is 3.41. The fourth-order valence-electron chi connectivity index (χ4n) is 1.11. The maximum atomic E-state index is 11.0. The second kappa shape index (κ2) is 13.2. The summed E-state index contributed by atoms with van der Waals surface area (Å²) in [5.74, 6) is 4.66. The van der Waals surface area contributed by atoms with E-state index in [1.807, 2.05) is 52.8 Å². The summed E-state index contributed by atoms with van der Waals surface area (Å²) in [5.41, 5.74) is 0. The lowest BCUT2D eigenvalue weighted by atomic mass is 10.3. The van der Waals surface area contributed by atoms with Crippen molar-refractivity contribution in [3.8, 4) is 11.8 Å². The number of nitrogens with one attached hydrogen (secondary N) is 2. The monoisotopic (exact) mass is 295 g/mol. The summed E-state index contributed by atoms with van der Waals surface area (Å²) >= 11 is 0. The van der Waals surface area contributed by atoms with Crippen molar-refractivity contribution in [1.29, 1.82) is 0 Å². The Bertz CT molecular complexity index is 388. The molecule has 0 radical (unpaired) electrons. The van der Waals surface area contributed by atoms with Gasteiger partial charge in [-0.25, -0.2) is 0 Å². The highest BCUT2D eigenvalue weighted by atomic mass is 16.2. The maximum Gasteiger partial charge on any atom is 0.296 e. The topological polar surface area (TPSA) is 61.4 Å². The fourth-order valence-corrected chi connectivity index (χ4v) is 1.11. The molecule has 0 spiro atoms. The number of hydrogen-bond donors (Lipinski definition) is 2. The zero-order valence-corrected chi connectivity index (χ0v) is 14.3. The van der Waals surface area contributed by atoms with Crippen LogP contribution in [0, 0.1) is 11.8 Å². The van der Waals surface area contributed by atoms with Gasteiger partial charge >= 0.3 is 0 Å². The van der Waals surface area contributed by atoms with Crippen LogP contribution >= 0.6 is 0 Å². The number of carbonyl (C=O) groups excluding carboxylic acids is 2. The Kier molecular flexibility index (Phi) is 13.5. The van der Waals surface area contributed by atoms with Gasteiger partial charge in [0.05, 0.1) is 0 Å². The van der Waals surface area contributed by atoms with Crippen molar-refractivity contribution in [2.45, 2.75) is 46.7 Å². The first kappa shape index (κ1) is 21.5. The molecule has 0 saturated carbocycles. The van der Waals surface area contributed by atoms with Gasteiger partial charge in [0.25, 0.3) is 5.91 Å². The van der Waals surface area contributed by atoms with E-state index in [-0.39, 0.29) is 23.9 Å². The van der Waals surface area contributed by atoms with E-state index in [0.717, 1.165) is 6.54 Å². The Hall–Kier alpha value is -1.80. The maximum absolute atomic E-state index is 11.0. The van der Waals surface area contributed by atoms with Gasteiger partial charge in [0.1, 0.15) is 0 Å². The molecular formula is C16H29N3O2. The third-order valence-corrected chi connectivity index (χ3v) is 1.83. The van der Waals surface area contributed by atoms with E-state index in [4.69, 9.17) is 0 Å². The average Bonchev–Trinajstić information content (AvgIpc) is 2.27. The standard InChI is InChI=1S/C9H18N2O.C7H11NO/c1-8(2)10-9(12)6-5-7-11(3)4;1-4-5-7(9)8-6(2)3/h5-6,8H,7H2,1-4H3,(H,10,12);6H,1-3H3,(H,8,9)/b6-5+;. The van der Waals surface area contributed by atoms with E-state index in [1.165, 1.54) is 0 Å². The van der Waals surface area contributed by atoms with Crippen LogP contribution in [0.5, 0.6) is 0 Å². The van der Waals surface area contributed by atoms with Crippen LogP contribution < -0.4 is 10.6 Å². The van der Waals surface area contributed by atoms with E-state index in [0.29, 0.717) is 0 Å². The van der Waals surface area contributed by atoms with Gasteiger partial charge in [-0.3, -0.25) is 9.59 Å². The second-order valence-corrected chi connectivity index (χ2v) is 5.33. The Morgan fingerprint density at radius 1 is 1.10 bits per heavy atom. The van der Waals surface area contributed by atoms with Crippen LogP contribution in [0.15, 0.2) is 12.2 Å². The van der Waals surface area contributed by atoms with Crippen molar-refractivity contribution >= 4 is 11.8 Å². The minimum absolute atomic E-state index is 0.0214. The lowest BCUT2D eigenvalue weighted by molar-refractivity contribution is -0.117. The van der Waals surface area contributed by atoms with Gasteiger partial charge in [-0.05, 0) is 54.6 Å². The molecule has 0 saturated heterocycles. The number of nitrogens with zero attached hydrogens (tertiary/aromatic N) is 1. The third kappa shape index (κ3) is 20.7. The molecule has 0 aromatic carbocycles. The molecule has 2 N–H and O–H groups in total. The molecule has 0 aromatic heterocycles. The lowest BCUT2D eigenvalue weighted by Gasteiger charge is -2.05. The van der Waals surface area contributed by atoms with Crippen molar-refractivity contribution in [3.63, 3.8) is 0 Å². The van der Waals surface area contributed by atoms with E-state index >= 15 is 0 Å². The summed E-state index contributed by atoms with van der Waals surface area (Å²) in [5, 5.41) is 5.40. The van der Waals surface area contributed by atoms with Crippen LogP contribution in [0.1, 0.15) is 34.6 Å². The van der Waals surface area contributed by atoms with Gasteiger partial charge in [0, 0.05) is 24.7 Å². The Labute approximate surface area is 129 Å². The van der Waals surface area contributed by atoms with E-state index < -0.39 is 0 Å². The normalized spacial score (nSPS) is 10.0. The van der Waals surface area contributed by atoms with Gasteiger partial charge in [0.15, 0.2) is 0 Å². The smallest absolute Gasteiger partial charge is 0.296 e. The summed E-state index contributed by atoms with van der Waals surface area (Å²) in [7, 11) is 3.93. The van der Waals surface area contributed by atoms with Crippen molar-refractivity contribution in [1.82, 2.24) is 15.5 Å². The van der Waals surface area contributed by atoms with Crippen molar-refractivity contribution in [2.75, 3.05) is 20.6 Å². The fraction of sp³-hybridized carbons (Fsp3) is 0.625. The molecule has 0 heterocycles. The summed E-state index contributed by atoms with van der Waals surface area (Å²) < 4.78 is 0. The minimum atomic E-state index is -0.201. The van der Waals surface area contributed by atoms with E-state index in [1.54, 1.807) is 13.0 Å². The van der Waals surface area contributed by atoms with Crippen LogP contribution in [-0.2, 0) is 9.59 Å². The number of carbonyl (C=O) groups is 2. The number of likely N-dealkylation sites (N-methyl/N-ethyl adjacent to an activating group) is 1. The SMILES string of the molecule is CC#CC(=O)NC(C)C.CC(C)NC(=O)/C=C/CN(C)C. The molecule has 0 fully saturated rings. The lowest BCUT2D eigenvalue weighted by Crippen LogP contribution is -2.28. The predicted molar refractivity (Wildman–Crippen MR) is 87.7 cm³/mol. The molecule has 21 heavy (non-hydrogen) atoms. The quantitative estimate of drug-likeness (QED) is 0.591. The molecule has 0 rings (SSSR count). The van der Waals surface area contributed by atoms with E-state index in [2.05, 4.69) is 22.5 Å². The molecule has 0 unspecified atom stereocenters. The minimum Gasteiger partial charge on any atom is -0.350 e. The van der Waals surface area contributed by atoms with Crippen LogP contribution in [-0.4, -0.2) is 49.4 Å². The zero-order chi connectivity index (χ0) is 16.8. The Morgan fingerprint density at radius 3 is 2.00 bits per heavy atom. The molecule has 2 amide bonds. The average molecular weight is 295 g/mol. The first-order valence-corrected chi connectivity index (χ1v) is 7.04. The zero-order valence-electron chi connectivity index (χ0n) is 14.3. The van der Waals surface area contributed by atoms with Gasteiger partial charge in [-0.2, -0.15) is 0 Å². The van der Waals surface area contributed by atoms with E-state index in [9.17, 15) is 9.59 Å². The molecule has 0 bridgehead atoms. The van der Waals surface area contributed by atoms with Crippen LogP contribution in [0.3, 0.4) is 0 Å². The third-order valence-electron chi connectivity index (χ3n) is 1.83. The molecule has 0 aliphatic rings. The van der Waals surface area contributed by atoms with Gasteiger partial charge in [0.2, 0.25) is 5.91 Å². The first-order valence-electron chi connectivity index (χ1n) is 7.04. The predicted octanol–water partition coefficient (Wildman–Crippen LogP) is 1.16. The van der Waals surface area contributed by atoms with Crippen molar-refractivity contribution < 1.29 is 9.59 Å². The van der Waals surface area contributed by atoms with Gasteiger partial charge in [-0.1, -0.05) is 12.0 Å². The van der Waals surface area contributed by atoms with Crippen LogP contribution in [0.2, 0.25) is 0 Å². The van der Waals surface area contributed by atoms with Crippen LogP contribution in [0.25, 0.3) is 0 Å². The number of rotatable bonds is 5. The summed E-state index contributed by atoms with van der Waals surface area (Å²) in [6, 6.07) is 0.389. The molecule has 5 heteroatoms. The molecule has 0 aliphatic heterocycles. The van der Waals surface area contributed by atoms with Crippen molar-refractivity contribution in [2.24, 2.45) is 0 Å². The highest BCUT2D eigenvalue weighted by Crippen LogP contribution is 1.81. The summed E-state index contributed by atoms with van der Waals surface area (Å²) in [6.45, 7) is 10.1. The molecule has 0 aliphatic carbocycles. The van der Waals surface area contributed by atoms with Crippen LogP contribution in [0.4, 0.5) is 0 Å². The Balaban J connectivity index is 0. The van der Waals surface area contributed by atoms with Gasteiger partial charge in [-0.15, -0.1) is 0 Å². The highest BCUT2D eigenvalue weighted by Gasteiger charge is 1.96. The molecular weight excluding hydrogens is 266 g/mol. The highest BCUT2D eigenvalue weighted by molar-refractivity contribution is 5.93. The number of amides is 2. The van der Waals surface area contributed by atoms with Gasteiger partial charge < -0.3 is 15.5 Å². The molecule has 120 valence electrons. The molecule has 5 nitrogen and oxygen atoms in total. The molecule has 0 atom stereocenters.